The van der Waals surface area contributed by atoms with Gasteiger partial charge in [-0.15, -0.1) is 0 Å². The zero-order valence-electron chi connectivity index (χ0n) is 9.35. The standard InChI is InChI=1S/C13H15NO2/c1-16-13(15)7-12-9-14(10-12)8-11-5-3-2-4-6-11/h2-7H,8-10H2,1H3. The Balaban J connectivity index is 1.81. The predicted octanol–water partition coefficient (Wildman–Crippen LogP) is 1.60. The lowest BCUT2D eigenvalue weighted by Crippen LogP contribution is -2.39. The van der Waals surface area contributed by atoms with Crippen LogP contribution in [0, 0.1) is 0 Å². The van der Waals surface area contributed by atoms with Gasteiger partial charge in [0.15, 0.2) is 0 Å². The number of hydrogen-bond donors (Lipinski definition) is 0. The molecule has 1 heterocycles. The van der Waals surface area contributed by atoms with E-state index in [1.807, 2.05) is 18.2 Å². The monoisotopic (exact) mass is 217 g/mol. The van der Waals surface area contributed by atoms with Gasteiger partial charge < -0.3 is 4.74 Å². The molecule has 1 aliphatic heterocycles. The van der Waals surface area contributed by atoms with Crippen LogP contribution in [-0.4, -0.2) is 31.1 Å². The van der Waals surface area contributed by atoms with Crippen LogP contribution in [0.5, 0.6) is 0 Å². The minimum absolute atomic E-state index is 0.255. The fourth-order valence-corrected chi connectivity index (χ4v) is 1.80. The van der Waals surface area contributed by atoms with Crippen molar-refractivity contribution < 1.29 is 9.53 Å². The zero-order chi connectivity index (χ0) is 11.4. The van der Waals surface area contributed by atoms with Gasteiger partial charge in [0.1, 0.15) is 0 Å². The van der Waals surface area contributed by atoms with Crippen LogP contribution < -0.4 is 0 Å². The first-order valence-electron chi connectivity index (χ1n) is 5.31. The van der Waals surface area contributed by atoms with Crippen LogP contribution >= 0.6 is 0 Å². The summed E-state index contributed by atoms with van der Waals surface area (Å²) in [6.07, 6.45) is 1.58. The van der Waals surface area contributed by atoms with Crippen LogP contribution in [0.4, 0.5) is 0 Å². The lowest BCUT2D eigenvalue weighted by Gasteiger charge is -2.33. The Kier molecular flexibility index (Phi) is 3.37. The van der Waals surface area contributed by atoms with Gasteiger partial charge in [-0.25, -0.2) is 4.79 Å². The number of likely N-dealkylation sites (tertiary alicyclic amines) is 1. The van der Waals surface area contributed by atoms with Crippen molar-refractivity contribution in [1.29, 1.82) is 0 Å². The van der Waals surface area contributed by atoms with Gasteiger partial charge >= 0.3 is 5.97 Å². The van der Waals surface area contributed by atoms with Gasteiger partial charge in [-0.3, -0.25) is 4.90 Å². The number of benzene rings is 1. The molecule has 3 nitrogen and oxygen atoms in total. The Hall–Kier alpha value is -1.61. The maximum absolute atomic E-state index is 11.0. The van der Waals surface area contributed by atoms with E-state index >= 15 is 0 Å². The molecule has 0 bridgehead atoms. The number of ether oxygens (including phenoxy) is 1. The predicted molar refractivity (Wildman–Crippen MR) is 61.8 cm³/mol. The average Bonchev–Trinajstić information content (AvgIpc) is 2.27. The van der Waals surface area contributed by atoms with Gasteiger partial charge in [-0.2, -0.15) is 0 Å². The van der Waals surface area contributed by atoms with E-state index in [1.165, 1.54) is 12.7 Å². The molecule has 0 N–H and O–H groups in total. The molecule has 3 heteroatoms. The minimum atomic E-state index is -0.255. The Morgan fingerprint density at radius 3 is 2.69 bits per heavy atom. The minimum Gasteiger partial charge on any atom is -0.466 e. The SMILES string of the molecule is COC(=O)C=C1CN(Cc2ccccc2)C1. The summed E-state index contributed by atoms with van der Waals surface area (Å²) >= 11 is 0. The second-order valence-electron chi connectivity index (χ2n) is 3.96. The van der Waals surface area contributed by atoms with Crippen molar-refractivity contribution in [3.8, 4) is 0 Å². The maximum Gasteiger partial charge on any atom is 0.330 e. The van der Waals surface area contributed by atoms with Crippen molar-refractivity contribution in [1.82, 2.24) is 4.90 Å². The van der Waals surface area contributed by atoms with E-state index in [2.05, 4.69) is 21.8 Å². The molecule has 16 heavy (non-hydrogen) atoms. The summed E-state index contributed by atoms with van der Waals surface area (Å²) in [6.45, 7) is 2.67. The Morgan fingerprint density at radius 2 is 2.06 bits per heavy atom. The van der Waals surface area contributed by atoms with Crippen LogP contribution in [0.2, 0.25) is 0 Å². The van der Waals surface area contributed by atoms with Gasteiger partial charge in [-0.1, -0.05) is 30.3 Å². The van der Waals surface area contributed by atoms with Crippen molar-refractivity contribution in [2.24, 2.45) is 0 Å². The second kappa shape index (κ2) is 4.94. The smallest absolute Gasteiger partial charge is 0.330 e. The Labute approximate surface area is 95.3 Å². The third-order valence-electron chi connectivity index (χ3n) is 2.63. The lowest BCUT2D eigenvalue weighted by molar-refractivity contribution is -0.135. The molecule has 2 rings (SSSR count). The van der Waals surface area contributed by atoms with Crippen LogP contribution in [0.3, 0.4) is 0 Å². The summed E-state index contributed by atoms with van der Waals surface area (Å²) < 4.78 is 4.58. The summed E-state index contributed by atoms with van der Waals surface area (Å²) in [7, 11) is 1.40. The summed E-state index contributed by atoms with van der Waals surface area (Å²) in [6, 6.07) is 10.3. The number of esters is 1. The summed E-state index contributed by atoms with van der Waals surface area (Å²) in [5.41, 5.74) is 2.45. The van der Waals surface area contributed by atoms with Crippen LogP contribution in [0.15, 0.2) is 42.0 Å². The third kappa shape index (κ3) is 2.70. The molecular weight excluding hydrogens is 202 g/mol. The second-order valence-corrected chi connectivity index (χ2v) is 3.96. The molecule has 0 amide bonds. The molecule has 1 aliphatic rings. The number of nitrogens with zero attached hydrogens (tertiary/aromatic N) is 1. The molecule has 1 fully saturated rings. The molecule has 84 valence electrons. The number of carbonyl (C=O) groups excluding carboxylic acids is 1. The lowest BCUT2D eigenvalue weighted by atomic mass is 10.1. The molecule has 0 aliphatic carbocycles. The van der Waals surface area contributed by atoms with Gasteiger partial charge in [0, 0.05) is 25.7 Å². The van der Waals surface area contributed by atoms with E-state index in [9.17, 15) is 4.79 Å². The highest BCUT2D eigenvalue weighted by atomic mass is 16.5. The number of hydrogen-bond acceptors (Lipinski definition) is 3. The third-order valence-corrected chi connectivity index (χ3v) is 2.63. The molecule has 0 atom stereocenters. The fraction of sp³-hybridized carbons (Fsp3) is 0.308. The van der Waals surface area contributed by atoms with Crippen molar-refractivity contribution in [2.45, 2.75) is 6.54 Å². The number of rotatable bonds is 3. The highest BCUT2D eigenvalue weighted by Gasteiger charge is 2.20. The average molecular weight is 217 g/mol. The molecule has 0 radical (unpaired) electrons. The molecule has 0 spiro atoms. The first kappa shape index (κ1) is 10.9. The summed E-state index contributed by atoms with van der Waals surface area (Å²) in [5, 5.41) is 0. The quantitative estimate of drug-likeness (QED) is 0.569. The largest absolute Gasteiger partial charge is 0.466 e. The molecule has 0 unspecified atom stereocenters. The van der Waals surface area contributed by atoms with Gasteiger partial charge in [0.05, 0.1) is 7.11 Å². The van der Waals surface area contributed by atoms with Gasteiger partial charge in [-0.05, 0) is 11.1 Å². The zero-order valence-corrected chi connectivity index (χ0v) is 9.35. The van der Waals surface area contributed by atoms with Crippen molar-refractivity contribution in [3.05, 3.63) is 47.5 Å². The summed E-state index contributed by atoms with van der Waals surface area (Å²) in [4.78, 5) is 13.2. The molecule has 1 aromatic rings. The molecule has 1 aromatic carbocycles. The van der Waals surface area contributed by atoms with Crippen LogP contribution in [0.25, 0.3) is 0 Å². The van der Waals surface area contributed by atoms with E-state index in [-0.39, 0.29) is 5.97 Å². The van der Waals surface area contributed by atoms with E-state index in [4.69, 9.17) is 0 Å². The number of carbonyl (C=O) groups is 1. The van der Waals surface area contributed by atoms with E-state index in [0.717, 1.165) is 25.2 Å². The first-order valence-corrected chi connectivity index (χ1v) is 5.31. The molecular formula is C13H15NO2. The van der Waals surface area contributed by atoms with E-state index in [1.54, 1.807) is 6.08 Å². The van der Waals surface area contributed by atoms with E-state index < -0.39 is 0 Å². The number of methoxy groups -OCH3 is 1. The van der Waals surface area contributed by atoms with Crippen molar-refractivity contribution in [3.63, 3.8) is 0 Å². The van der Waals surface area contributed by atoms with Crippen molar-refractivity contribution >= 4 is 5.97 Å². The Morgan fingerprint density at radius 1 is 1.38 bits per heavy atom. The Bertz CT molecular complexity index is 390. The molecule has 0 saturated carbocycles. The topological polar surface area (TPSA) is 29.5 Å². The van der Waals surface area contributed by atoms with E-state index in [0.29, 0.717) is 0 Å². The molecule has 0 aromatic heterocycles. The van der Waals surface area contributed by atoms with Gasteiger partial charge in [0.2, 0.25) is 0 Å². The normalized spacial score (nSPS) is 15.4. The molecule has 1 saturated heterocycles. The maximum atomic E-state index is 11.0. The highest BCUT2D eigenvalue weighted by molar-refractivity contribution is 5.83. The fourth-order valence-electron chi connectivity index (χ4n) is 1.80. The van der Waals surface area contributed by atoms with Crippen LogP contribution in [0.1, 0.15) is 5.56 Å². The van der Waals surface area contributed by atoms with Crippen molar-refractivity contribution in [2.75, 3.05) is 20.2 Å². The highest BCUT2D eigenvalue weighted by Crippen LogP contribution is 2.17. The van der Waals surface area contributed by atoms with Crippen LogP contribution in [-0.2, 0) is 16.1 Å². The first-order chi connectivity index (χ1) is 7.78. The summed E-state index contributed by atoms with van der Waals surface area (Å²) in [5.74, 6) is -0.255. The van der Waals surface area contributed by atoms with Gasteiger partial charge in [0.25, 0.3) is 0 Å².